The lowest BCUT2D eigenvalue weighted by Crippen LogP contribution is -2.34. The first-order chi connectivity index (χ1) is 10.3. The van der Waals surface area contributed by atoms with Crippen LogP contribution in [-0.4, -0.2) is 29.7 Å². The summed E-state index contributed by atoms with van der Waals surface area (Å²) in [7, 11) is 0. The fraction of sp³-hybridized carbons (Fsp3) is 0.588. The van der Waals surface area contributed by atoms with Gasteiger partial charge in [0.1, 0.15) is 0 Å². The van der Waals surface area contributed by atoms with E-state index in [0.29, 0.717) is 0 Å². The van der Waals surface area contributed by atoms with Gasteiger partial charge in [0.2, 0.25) is 0 Å². The minimum atomic E-state index is 0.131. The third kappa shape index (κ3) is 3.80. The number of hydrogen-bond donors (Lipinski definition) is 1. The molecule has 0 aliphatic carbocycles. The van der Waals surface area contributed by atoms with Crippen molar-refractivity contribution in [2.24, 2.45) is 4.99 Å². The van der Waals surface area contributed by atoms with E-state index in [1.807, 2.05) is 11.8 Å². The van der Waals surface area contributed by atoms with Crippen molar-refractivity contribution < 1.29 is 4.74 Å². The molecule has 2 aliphatic heterocycles. The number of thioether (sulfide) groups is 1. The Morgan fingerprint density at radius 1 is 1.24 bits per heavy atom. The van der Waals surface area contributed by atoms with Crippen LogP contribution < -0.4 is 5.32 Å². The van der Waals surface area contributed by atoms with E-state index in [-0.39, 0.29) is 5.54 Å². The molecule has 0 unspecified atom stereocenters. The molecule has 0 radical (unpaired) electrons. The van der Waals surface area contributed by atoms with Crippen molar-refractivity contribution in [3.63, 3.8) is 0 Å². The molecule has 0 saturated carbocycles. The van der Waals surface area contributed by atoms with Gasteiger partial charge < -0.3 is 10.1 Å². The Balaban J connectivity index is 1.60. The first kappa shape index (κ1) is 14.9. The maximum Gasteiger partial charge on any atom is 0.161 e. The lowest BCUT2D eigenvalue weighted by Gasteiger charge is -2.29. The molecule has 1 spiro atoms. The minimum Gasteiger partial charge on any atom is -0.381 e. The maximum atomic E-state index is 5.46. The van der Waals surface area contributed by atoms with Gasteiger partial charge in [0.15, 0.2) is 5.17 Å². The highest BCUT2D eigenvalue weighted by Crippen LogP contribution is 2.36. The van der Waals surface area contributed by atoms with Gasteiger partial charge in [-0.3, -0.25) is 4.99 Å². The second-order valence-corrected chi connectivity index (χ2v) is 6.93. The monoisotopic (exact) mass is 304 g/mol. The van der Waals surface area contributed by atoms with E-state index < -0.39 is 0 Å². The normalized spacial score (nSPS) is 20.5. The highest BCUT2D eigenvalue weighted by atomic mass is 32.2. The second-order valence-electron chi connectivity index (χ2n) is 5.97. The summed E-state index contributed by atoms with van der Waals surface area (Å²) in [5.74, 6) is 1.09. The lowest BCUT2D eigenvalue weighted by atomic mass is 9.93. The molecule has 2 heterocycles. The van der Waals surface area contributed by atoms with E-state index in [1.54, 1.807) is 0 Å². The van der Waals surface area contributed by atoms with Crippen LogP contribution in [0.4, 0.5) is 5.69 Å². The molecule has 21 heavy (non-hydrogen) atoms. The SMILES string of the molecule is CCCCc1ccc(NC2=NC3(CCOCC3)CS2)cc1. The number of rotatable bonds is 4. The average Bonchev–Trinajstić information content (AvgIpc) is 2.89. The molecule has 2 aliphatic rings. The summed E-state index contributed by atoms with van der Waals surface area (Å²) in [4.78, 5) is 4.93. The third-order valence-electron chi connectivity index (χ3n) is 4.26. The number of nitrogens with zero attached hydrogens (tertiary/aromatic N) is 1. The van der Waals surface area contributed by atoms with Gasteiger partial charge in [-0.05, 0) is 43.4 Å². The predicted octanol–water partition coefficient (Wildman–Crippen LogP) is 4.09. The van der Waals surface area contributed by atoms with Crippen LogP contribution in [0.5, 0.6) is 0 Å². The van der Waals surface area contributed by atoms with Crippen LogP contribution in [0.1, 0.15) is 38.2 Å². The summed E-state index contributed by atoms with van der Waals surface area (Å²) < 4.78 is 5.46. The van der Waals surface area contributed by atoms with Crippen molar-refractivity contribution in [3.8, 4) is 0 Å². The number of amidine groups is 1. The van der Waals surface area contributed by atoms with Gasteiger partial charge in [-0.25, -0.2) is 0 Å². The van der Waals surface area contributed by atoms with Gasteiger partial charge in [-0.2, -0.15) is 0 Å². The van der Waals surface area contributed by atoms with Crippen LogP contribution in [0.3, 0.4) is 0 Å². The first-order valence-corrected chi connectivity index (χ1v) is 8.95. The van der Waals surface area contributed by atoms with E-state index in [1.165, 1.54) is 24.8 Å². The summed E-state index contributed by atoms with van der Waals surface area (Å²) in [5, 5.41) is 4.54. The van der Waals surface area contributed by atoms with Crippen LogP contribution in [0.15, 0.2) is 29.3 Å². The molecule has 0 atom stereocenters. The van der Waals surface area contributed by atoms with Gasteiger partial charge in [0, 0.05) is 24.7 Å². The molecule has 0 aromatic heterocycles. The molecule has 0 bridgehead atoms. The summed E-state index contributed by atoms with van der Waals surface area (Å²) in [5.41, 5.74) is 2.70. The molecule has 3 rings (SSSR count). The summed E-state index contributed by atoms with van der Waals surface area (Å²) >= 11 is 1.84. The Morgan fingerprint density at radius 3 is 2.71 bits per heavy atom. The molecule has 1 saturated heterocycles. The highest BCUT2D eigenvalue weighted by molar-refractivity contribution is 8.14. The van der Waals surface area contributed by atoms with Crippen molar-refractivity contribution in [1.82, 2.24) is 0 Å². The molecular formula is C17H24N2OS. The van der Waals surface area contributed by atoms with Crippen molar-refractivity contribution in [1.29, 1.82) is 0 Å². The van der Waals surface area contributed by atoms with Crippen molar-refractivity contribution in [3.05, 3.63) is 29.8 Å². The van der Waals surface area contributed by atoms with E-state index in [4.69, 9.17) is 9.73 Å². The summed E-state index contributed by atoms with van der Waals surface area (Å²) in [6, 6.07) is 8.79. The number of ether oxygens (including phenoxy) is 1. The molecule has 3 nitrogen and oxygen atoms in total. The Hall–Kier alpha value is -1.00. The fourth-order valence-electron chi connectivity index (χ4n) is 2.81. The summed E-state index contributed by atoms with van der Waals surface area (Å²) in [6.07, 6.45) is 5.80. The average molecular weight is 304 g/mol. The number of anilines is 1. The van der Waals surface area contributed by atoms with Crippen molar-refractivity contribution in [2.75, 3.05) is 24.3 Å². The number of hydrogen-bond acceptors (Lipinski definition) is 4. The molecule has 1 fully saturated rings. The second kappa shape index (κ2) is 6.84. The maximum absolute atomic E-state index is 5.46. The van der Waals surface area contributed by atoms with E-state index in [9.17, 15) is 0 Å². The Labute approximate surface area is 131 Å². The van der Waals surface area contributed by atoms with Crippen LogP contribution in [0.2, 0.25) is 0 Å². The Kier molecular flexibility index (Phi) is 4.86. The summed E-state index contributed by atoms with van der Waals surface area (Å²) in [6.45, 7) is 3.93. The standard InChI is InChI=1S/C17H24N2OS/c1-2-3-4-14-5-7-15(8-6-14)18-16-19-17(13-21-16)9-11-20-12-10-17/h5-8H,2-4,9-13H2,1H3,(H,18,19). The van der Waals surface area contributed by atoms with Gasteiger partial charge in [-0.1, -0.05) is 37.2 Å². The van der Waals surface area contributed by atoms with Crippen LogP contribution in [0, 0.1) is 0 Å². The van der Waals surface area contributed by atoms with Gasteiger partial charge in [0.25, 0.3) is 0 Å². The Morgan fingerprint density at radius 2 is 2.00 bits per heavy atom. The highest BCUT2D eigenvalue weighted by Gasteiger charge is 2.37. The fourth-order valence-corrected chi connectivity index (χ4v) is 4.02. The van der Waals surface area contributed by atoms with E-state index in [0.717, 1.165) is 42.7 Å². The molecule has 1 aromatic carbocycles. The topological polar surface area (TPSA) is 33.6 Å². The molecule has 1 aromatic rings. The third-order valence-corrected chi connectivity index (χ3v) is 5.41. The Bertz CT molecular complexity index is 492. The zero-order chi connectivity index (χ0) is 14.5. The molecule has 1 N–H and O–H groups in total. The zero-order valence-corrected chi connectivity index (χ0v) is 13.5. The number of benzene rings is 1. The predicted molar refractivity (Wildman–Crippen MR) is 91.4 cm³/mol. The minimum absolute atomic E-state index is 0.131. The van der Waals surface area contributed by atoms with Crippen LogP contribution in [0.25, 0.3) is 0 Å². The smallest absolute Gasteiger partial charge is 0.161 e. The van der Waals surface area contributed by atoms with Gasteiger partial charge in [-0.15, -0.1) is 0 Å². The number of aryl methyl sites for hydroxylation is 1. The quantitative estimate of drug-likeness (QED) is 0.909. The van der Waals surface area contributed by atoms with Gasteiger partial charge >= 0.3 is 0 Å². The first-order valence-electron chi connectivity index (χ1n) is 7.96. The number of aliphatic imine (C=N–C) groups is 1. The number of unbranched alkanes of at least 4 members (excludes halogenated alkanes) is 1. The molecule has 0 amide bonds. The van der Waals surface area contributed by atoms with Crippen LogP contribution >= 0.6 is 11.8 Å². The largest absolute Gasteiger partial charge is 0.381 e. The number of nitrogens with one attached hydrogen (secondary N) is 1. The molecule has 4 heteroatoms. The molecular weight excluding hydrogens is 280 g/mol. The lowest BCUT2D eigenvalue weighted by molar-refractivity contribution is 0.0624. The van der Waals surface area contributed by atoms with Crippen LogP contribution in [-0.2, 0) is 11.2 Å². The van der Waals surface area contributed by atoms with Crippen molar-refractivity contribution >= 4 is 22.6 Å². The van der Waals surface area contributed by atoms with Crippen molar-refractivity contribution in [2.45, 2.75) is 44.6 Å². The van der Waals surface area contributed by atoms with E-state index in [2.05, 4.69) is 36.5 Å². The van der Waals surface area contributed by atoms with Gasteiger partial charge in [0.05, 0.1) is 5.54 Å². The van der Waals surface area contributed by atoms with E-state index >= 15 is 0 Å². The molecule has 114 valence electrons. The zero-order valence-electron chi connectivity index (χ0n) is 12.7.